The fraction of sp³-hybridized carbons (Fsp3) is 0.538. The zero-order valence-electron chi connectivity index (χ0n) is 12.3. The third-order valence-electron chi connectivity index (χ3n) is 2.77. The van der Waals surface area contributed by atoms with Crippen LogP contribution in [0.15, 0.2) is 12.3 Å². The Balaban J connectivity index is 2.53. The summed E-state index contributed by atoms with van der Waals surface area (Å²) in [5.74, 6) is -0.437. The Labute approximate surface area is 119 Å². The zero-order valence-corrected chi connectivity index (χ0v) is 12.3. The average Bonchev–Trinajstić information content (AvgIpc) is 2.75. The number of amides is 2. The van der Waals surface area contributed by atoms with Crippen LogP contribution < -0.4 is 16.4 Å². The topological polar surface area (TPSA) is 92.4 Å². The highest BCUT2D eigenvalue weighted by Crippen LogP contribution is 2.12. The van der Waals surface area contributed by atoms with E-state index in [1.54, 1.807) is 23.9 Å². The second kappa shape index (κ2) is 7.66. The largest absolute Gasteiger partial charge is 0.351 e. The van der Waals surface area contributed by atoms with E-state index >= 15 is 0 Å². The molecule has 0 radical (unpaired) electrons. The summed E-state index contributed by atoms with van der Waals surface area (Å²) in [5.41, 5.74) is 6.30. The van der Waals surface area contributed by atoms with Crippen LogP contribution in [0, 0.1) is 0 Å². The zero-order chi connectivity index (χ0) is 15.1. The Kier molecular flexibility index (Phi) is 6.20. The molecule has 0 atom stereocenters. The fourth-order valence-corrected chi connectivity index (χ4v) is 1.76. The molecule has 0 bridgehead atoms. The molecule has 0 saturated heterocycles. The Hall–Kier alpha value is -1.86. The number of carbonyl (C=O) groups is 2. The molecule has 0 saturated carbocycles. The molecule has 0 aliphatic carbocycles. The van der Waals surface area contributed by atoms with Crippen LogP contribution in [-0.2, 0) is 11.8 Å². The van der Waals surface area contributed by atoms with Crippen LogP contribution >= 0.6 is 0 Å². The summed E-state index contributed by atoms with van der Waals surface area (Å²) in [6.45, 7) is 1.46. The molecule has 7 nitrogen and oxygen atoms in total. The van der Waals surface area contributed by atoms with Gasteiger partial charge in [0, 0.05) is 19.8 Å². The molecule has 1 heterocycles. The van der Waals surface area contributed by atoms with Gasteiger partial charge in [0.05, 0.1) is 12.2 Å². The SMILES string of the molecule is CN(C)CCCNC(=O)c1cc(NC(=O)CN)cn1C. The predicted octanol–water partition coefficient (Wildman–Crippen LogP) is -0.396. The lowest BCUT2D eigenvalue weighted by Gasteiger charge is -2.10. The first-order chi connectivity index (χ1) is 9.43. The molecule has 20 heavy (non-hydrogen) atoms. The van der Waals surface area contributed by atoms with Gasteiger partial charge in [-0.2, -0.15) is 0 Å². The molecule has 1 aromatic heterocycles. The van der Waals surface area contributed by atoms with E-state index in [0.29, 0.717) is 17.9 Å². The summed E-state index contributed by atoms with van der Waals surface area (Å²) in [7, 11) is 5.74. The molecule has 0 aliphatic rings. The van der Waals surface area contributed by atoms with Crippen LogP contribution in [0.2, 0.25) is 0 Å². The number of nitrogens with two attached hydrogens (primary N) is 1. The Morgan fingerprint density at radius 2 is 2.10 bits per heavy atom. The van der Waals surface area contributed by atoms with E-state index in [4.69, 9.17) is 5.73 Å². The lowest BCUT2D eigenvalue weighted by molar-refractivity contribution is -0.114. The second-order valence-electron chi connectivity index (χ2n) is 4.89. The molecule has 0 spiro atoms. The fourth-order valence-electron chi connectivity index (χ4n) is 1.76. The molecule has 1 rings (SSSR count). The summed E-state index contributed by atoms with van der Waals surface area (Å²) in [6.07, 6.45) is 2.57. The normalized spacial score (nSPS) is 10.7. The summed E-state index contributed by atoms with van der Waals surface area (Å²) < 4.78 is 1.67. The van der Waals surface area contributed by atoms with Crippen molar-refractivity contribution in [2.75, 3.05) is 39.0 Å². The van der Waals surface area contributed by atoms with Gasteiger partial charge < -0.3 is 25.8 Å². The highest BCUT2D eigenvalue weighted by Gasteiger charge is 2.12. The van der Waals surface area contributed by atoms with Crippen LogP contribution in [0.5, 0.6) is 0 Å². The molecule has 112 valence electrons. The molecular formula is C13H23N5O2. The first kappa shape index (κ1) is 16.2. The number of carbonyl (C=O) groups excluding carboxylic acids is 2. The molecule has 7 heteroatoms. The Bertz CT molecular complexity index is 467. The first-order valence-corrected chi connectivity index (χ1v) is 6.53. The maximum atomic E-state index is 12.0. The van der Waals surface area contributed by atoms with Crippen molar-refractivity contribution in [3.63, 3.8) is 0 Å². The number of hydrogen-bond donors (Lipinski definition) is 3. The highest BCUT2D eigenvalue weighted by molar-refractivity contribution is 5.97. The van der Waals surface area contributed by atoms with Gasteiger partial charge in [0.2, 0.25) is 5.91 Å². The molecule has 0 unspecified atom stereocenters. The van der Waals surface area contributed by atoms with Crippen LogP contribution in [0.4, 0.5) is 5.69 Å². The number of aryl methyl sites for hydroxylation is 1. The smallest absolute Gasteiger partial charge is 0.267 e. The van der Waals surface area contributed by atoms with Crippen molar-refractivity contribution in [3.8, 4) is 0 Å². The van der Waals surface area contributed by atoms with Crippen molar-refractivity contribution in [2.45, 2.75) is 6.42 Å². The van der Waals surface area contributed by atoms with Crippen LogP contribution in [0.3, 0.4) is 0 Å². The van der Waals surface area contributed by atoms with Gasteiger partial charge in [0.15, 0.2) is 0 Å². The number of aromatic nitrogens is 1. The Morgan fingerprint density at radius 3 is 2.70 bits per heavy atom. The van der Waals surface area contributed by atoms with E-state index in [-0.39, 0.29) is 18.4 Å². The van der Waals surface area contributed by atoms with Crippen molar-refractivity contribution in [3.05, 3.63) is 18.0 Å². The van der Waals surface area contributed by atoms with E-state index < -0.39 is 0 Å². The quantitative estimate of drug-likeness (QED) is 0.593. The average molecular weight is 281 g/mol. The second-order valence-corrected chi connectivity index (χ2v) is 4.89. The van der Waals surface area contributed by atoms with Crippen LogP contribution in [0.25, 0.3) is 0 Å². The molecule has 1 aromatic rings. The van der Waals surface area contributed by atoms with E-state index in [9.17, 15) is 9.59 Å². The molecule has 0 fully saturated rings. The monoisotopic (exact) mass is 281 g/mol. The maximum Gasteiger partial charge on any atom is 0.267 e. The van der Waals surface area contributed by atoms with Crippen LogP contribution in [-0.4, -0.2) is 55.0 Å². The molecule has 0 aliphatic heterocycles. The van der Waals surface area contributed by atoms with Gasteiger partial charge in [-0.3, -0.25) is 9.59 Å². The number of nitrogens with one attached hydrogen (secondary N) is 2. The minimum absolute atomic E-state index is 0.0824. The summed E-state index contributed by atoms with van der Waals surface area (Å²) in [5, 5.41) is 5.47. The van der Waals surface area contributed by atoms with Gasteiger partial charge in [0.1, 0.15) is 5.69 Å². The van der Waals surface area contributed by atoms with Crippen LogP contribution in [0.1, 0.15) is 16.9 Å². The van der Waals surface area contributed by atoms with Gasteiger partial charge >= 0.3 is 0 Å². The number of anilines is 1. The van der Waals surface area contributed by atoms with Gasteiger partial charge in [-0.1, -0.05) is 0 Å². The van der Waals surface area contributed by atoms with Gasteiger partial charge in [-0.25, -0.2) is 0 Å². The van der Waals surface area contributed by atoms with Gasteiger partial charge in [-0.15, -0.1) is 0 Å². The van der Waals surface area contributed by atoms with Gasteiger partial charge in [0.25, 0.3) is 5.91 Å². The third kappa shape index (κ3) is 5.02. The summed E-state index contributed by atoms with van der Waals surface area (Å²) >= 11 is 0. The molecule has 2 amide bonds. The lowest BCUT2D eigenvalue weighted by atomic mass is 10.3. The summed E-state index contributed by atoms with van der Waals surface area (Å²) in [6, 6.07) is 1.63. The van der Waals surface area contributed by atoms with Crippen molar-refractivity contribution in [2.24, 2.45) is 12.8 Å². The van der Waals surface area contributed by atoms with E-state index in [1.807, 2.05) is 14.1 Å². The van der Waals surface area contributed by atoms with E-state index in [0.717, 1.165) is 13.0 Å². The highest BCUT2D eigenvalue weighted by atomic mass is 16.2. The predicted molar refractivity (Wildman–Crippen MR) is 78.6 cm³/mol. The third-order valence-corrected chi connectivity index (χ3v) is 2.77. The Morgan fingerprint density at radius 1 is 1.40 bits per heavy atom. The van der Waals surface area contributed by atoms with Gasteiger partial charge in [-0.05, 0) is 33.1 Å². The maximum absolute atomic E-state index is 12.0. The minimum Gasteiger partial charge on any atom is -0.351 e. The number of rotatable bonds is 7. The molecular weight excluding hydrogens is 258 g/mol. The number of nitrogens with zero attached hydrogens (tertiary/aromatic N) is 2. The standard InChI is InChI=1S/C13H23N5O2/c1-17(2)6-4-5-15-13(20)11-7-10(9-18(11)3)16-12(19)8-14/h7,9H,4-6,8,14H2,1-3H3,(H,15,20)(H,16,19). The van der Waals surface area contributed by atoms with Crippen molar-refractivity contribution < 1.29 is 9.59 Å². The molecule has 4 N–H and O–H groups in total. The van der Waals surface area contributed by atoms with E-state index in [1.165, 1.54) is 0 Å². The number of hydrogen-bond acceptors (Lipinski definition) is 4. The van der Waals surface area contributed by atoms with Crippen molar-refractivity contribution in [1.82, 2.24) is 14.8 Å². The lowest BCUT2D eigenvalue weighted by Crippen LogP contribution is -2.28. The minimum atomic E-state index is -0.284. The molecule has 0 aromatic carbocycles. The van der Waals surface area contributed by atoms with E-state index in [2.05, 4.69) is 15.5 Å². The first-order valence-electron chi connectivity index (χ1n) is 6.53. The summed E-state index contributed by atoms with van der Waals surface area (Å²) in [4.78, 5) is 25.3. The van der Waals surface area contributed by atoms with Crippen molar-refractivity contribution >= 4 is 17.5 Å². The van der Waals surface area contributed by atoms with Crippen molar-refractivity contribution in [1.29, 1.82) is 0 Å².